The van der Waals surface area contributed by atoms with Crippen molar-refractivity contribution in [3.8, 4) is 11.5 Å². The molecule has 5 nitrogen and oxygen atoms in total. The molecular weight excluding hydrogens is 336 g/mol. The monoisotopic (exact) mass is 346 g/mol. The standard InChI is InChI=1S/C15H11BrN2O3/c16-12-6-10(7-13-14(12)21-9-20-13)8-17-18-15(19)11-4-2-1-3-5-11/h1-8H,9H2,(H,18,19)/b17-8-. The minimum absolute atomic E-state index is 0.208. The first-order valence-corrected chi connectivity index (χ1v) is 7.01. The highest BCUT2D eigenvalue weighted by Gasteiger charge is 2.17. The number of hydrogen-bond donors (Lipinski definition) is 1. The van der Waals surface area contributed by atoms with Gasteiger partial charge in [0.2, 0.25) is 6.79 Å². The average molecular weight is 347 g/mol. The summed E-state index contributed by atoms with van der Waals surface area (Å²) >= 11 is 3.40. The van der Waals surface area contributed by atoms with Gasteiger partial charge in [-0.3, -0.25) is 4.79 Å². The number of carbonyl (C=O) groups is 1. The van der Waals surface area contributed by atoms with Crippen LogP contribution in [0.2, 0.25) is 0 Å². The number of nitrogens with zero attached hydrogens (tertiary/aromatic N) is 1. The van der Waals surface area contributed by atoms with E-state index in [1.54, 1.807) is 36.5 Å². The highest BCUT2D eigenvalue weighted by Crippen LogP contribution is 2.39. The molecule has 1 amide bonds. The molecule has 0 radical (unpaired) electrons. The van der Waals surface area contributed by atoms with Crippen LogP contribution in [0.5, 0.6) is 11.5 Å². The van der Waals surface area contributed by atoms with Crippen molar-refractivity contribution in [2.75, 3.05) is 6.79 Å². The van der Waals surface area contributed by atoms with Crippen LogP contribution in [-0.4, -0.2) is 18.9 Å². The molecule has 0 aliphatic carbocycles. The van der Waals surface area contributed by atoms with Crippen molar-refractivity contribution in [3.63, 3.8) is 0 Å². The molecule has 0 unspecified atom stereocenters. The lowest BCUT2D eigenvalue weighted by molar-refractivity contribution is 0.0955. The van der Waals surface area contributed by atoms with Gasteiger partial charge in [-0.25, -0.2) is 5.43 Å². The first-order valence-electron chi connectivity index (χ1n) is 6.21. The van der Waals surface area contributed by atoms with Crippen LogP contribution in [0.4, 0.5) is 0 Å². The fourth-order valence-electron chi connectivity index (χ4n) is 1.88. The number of hydrogen-bond acceptors (Lipinski definition) is 4. The molecule has 0 saturated carbocycles. The Morgan fingerprint density at radius 3 is 2.86 bits per heavy atom. The van der Waals surface area contributed by atoms with Gasteiger partial charge in [-0.1, -0.05) is 18.2 Å². The van der Waals surface area contributed by atoms with Crippen molar-refractivity contribution in [1.82, 2.24) is 5.43 Å². The van der Waals surface area contributed by atoms with Crippen molar-refractivity contribution < 1.29 is 14.3 Å². The molecule has 1 heterocycles. The zero-order valence-corrected chi connectivity index (χ0v) is 12.5. The molecule has 6 heteroatoms. The zero-order chi connectivity index (χ0) is 14.7. The van der Waals surface area contributed by atoms with Gasteiger partial charge in [0.05, 0.1) is 10.7 Å². The number of fused-ring (bicyclic) bond motifs is 1. The smallest absolute Gasteiger partial charge is 0.271 e. The van der Waals surface area contributed by atoms with Crippen LogP contribution in [0.25, 0.3) is 0 Å². The average Bonchev–Trinajstić information content (AvgIpc) is 2.97. The molecule has 21 heavy (non-hydrogen) atoms. The van der Waals surface area contributed by atoms with Crippen LogP contribution < -0.4 is 14.9 Å². The van der Waals surface area contributed by atoms with Gasteiger partial charge in [-0.05, 0) is 45.8 Å². The van der Waals surface area contributed by atoms with Crippen molar-refractivity contribution in [2.45, 2.75) is 0 Å². The van der Waals surface area contributed by atoms with E-state index in [0.717, 1.165) is 10.0 Å². The summed E-state index contributed by atoms with van der Waals surface area (Å²) < 4.78 is 11.4. The topological polar surface area (TPSA) is 59.9 Å². The van der Waals surface area contributed by atoms with Crippen LogP contribution >= 0.6 is 15.9 Å². The number of benzene rings is 2. The molecule has 0 aromatic heterocycles. The lowest BCUT2D eigenvalue weighted by atomic mass is 10.2. The van der Waals surface area contributed by atoms with E-state index in [1.807, 2.05) is 12.1 Å². The van der Waals surface area contributed by atoms with Gasteiger partial charge < -0.3 is 9.47 Å². The lowest BCUT2D eigenvalue weighted by Gasteiger charge is -2.01. The largest absolute Gasteiger partial charge is 0.454 e. The molecule has 3 rings (SSSR count). The molecule has 0 spiro atoms. The molecule has 1 N–H and O–H groups in total. The van der Waals surface area contributed by atoms with Gasteiger partial charge in [-0.15, -0.1) is 0 Å². The third-order valence-electron chi connectivity index (χ3n) is 2.87. The van der Waals surface area contributed by atoms with E-state index in [4.69, 9.17) is 9.47 Å². The normalized spacial score (nSPS) is 12.6. The maximum absolute atomic E-state index is 11.8. The van der Waals surface area contributed by atoms with Crippen molar-refractivity contribution in [3.05, 3.63) is 58.1 Å². The van der Waals surface area contributed by atoms with Gasteiger partial charge >= 0.3 is 0 Å². The van der Waals surface area contributed by atoms with Crippen LogP contribution in [0.1, 0.15) is 15.9 Å². The Morgan fingerprint density at radius 2 is 2.05 bits per heavy atom. The number of rotatable bonds is 3. The van der Waals surface area contributed by atoms with Gasteiger partial charge in [0.25, 0.3) is 5.91 Å². The van der Waals surface area contributed by atoms with Crippen molar-refractivity contribution >= 4 is 28.1 Å². The SMILES string of the molecule is O=C(N/N=C\c1cc(Br)c2c(c1)OCO2)c1ccccc1. The summed E-state index contributed by atoms with van der Waals surface area (Å²) in [6.07, 6.45) is 1.55. The van der Waals surface area contributed by atoms with E-state index in [-0.39, 0.29) is 12.7 Å². The fraction of sp³-hybridized carbons (Fsp3) is 0.0667. The molecule has 1 aliphatic rings. The minimum atomic E-state index is -0.258. The summed E-state index contributed by atoms with van der Waals surface area (Å²) in [5.41, 5.74) is 3.83. The zero-order valence-electron chi connectivity index (χ0n) is 10.9. The molecule has 2 aromatic rings. The molecule has 2 aromatic carbocycles. The minimum Gasteiger partial charge on any atom is -0.454 e. The summed E-state index contributed by atoms with van der Waals surface area (Å²) in [6.45, 7) is 0.208. The van der Waals surface area contributed by atoms with Gasteiger partial charge in [0, 0.05) is 5.56 Å². The van der Waals surface area contributed by atoms with Crippen LogP contribution in [0.3, 0.4) is 0 Å². The Hall–Kier alpha value is -2.34. The second-order valence-electron chi connectivity index (χ2n) is 4.30. The third kappa shape index (κ3) is 3.05. The molecular formula is C15H11BrN2O3. The summed E-state index contributed by atoms with van der Waals surface area (Å²) in [5.74, 6) is 1.08. The number of halogens is 1. The quantitative estimate of drug-likeness (QED) is 0.686. The van der Waals surface area contributed by atoms with E-state index in [2.05, 4.69) is 26.5 Å². The van der Waals surface area contributed by atoms with Gasteiger partial charge in [0.15, 0.2) is 11.5 Å². The maximum atomic E-state index is 11.8. The Bertz CT molecular complexity index is 702. The molecule has 0 bridgehead atoms. The van der Waals surface area contributed by atoms with E-state index < -0.39 is 0 Å². The van der Waals surface area contributed by atoms with E-state index in [1.165, 1.54) is 0 Å². The highest BCUT2D eigenvalue weighted by atomic mass is 79.9. The molecule has 0 fully saturated rings. The molecule has 0 atom stereocenters. The van der Waals surface area contributed by atoms with E-state index in [9.17, 15) is 4.79 Å². The Balaban J connectivity index is 1.70. The third-order valence-corrected chi connectivity index (χ3v) is 3.45. The summed E-state index contributed by atoms with van der Waals surface area (Å²) in [7, 11) is 0. The molecule has 1 aliphatic heterocycles. The summed E-state index contributed by atoms with van der Waals surface area (Å²) in [5, 5.41) is 3.94. The first kappa shape index (κ1) is 13.6. The second kappa shape index (κ2) is 5.97. The number of amides is 1. The Kier molecular flexibility index (Phi) is 3.87. The second-order valence-corrected chi connectivity index (χ2v) is 5.16. The number of carbonyl (C=O) groups excluding carboxylic acids is 1. The Labute approximate surface area is 129 Å². The highest BCUT2D eigenvalue weighted by molar-refractivity contribution is 9.10. The van der Waals surface area contributed by atoms with Crippen LogP contribution in [0.15, 0.2) is 52.0 Å². The summed E-state index contributed by atoms with van der Waals surface area (Å²) in [6, 6.07) is 12.5. The van der Waals surface area contributed by atoms with Crippen molar-refractivity contribution in [1.29, 1.82) is 0 Å². The predicted octanol–water partition coefficient (Wildman–Crippen LogP) is 2.94. The number of hydrazone groups is 1. The van der Waals surface area contributed by atoms with Crippen LogP contribution in [0, 0.1) is 0 Å². The van der Waals surface area contributed by atoms with Gasteiger partial charge in [0.1, 0.15) is 0 Å². The van der Waals surface area contributed by atoms with Crippen molar-refractivity contribution in [2.24, 2.45) is 5.10 Å². The molecule has 106 valence electrons. The lowest BCUT2D eigenvalue weighted by Crippen LogP contribution is -2.17. The van der Waals surface area contributed by atoms with Crippen LogP contribution in [-0.2, 0) is 0 Å². The predicted molar refractivity (Wildman–Crippen MR) is 81.8 cm³/mol. The van der Waals surface area contributed by atoms with E-state index in [0.29, 0.717) is 17.1 Å². The first-order chi connectivity index (χ1) is 10.2. The Morgan fingerprint density at radius 1 is 1.24 bits per heavy atom. The van der Waals surface area contributed by atoms with E-state index >= 15 is 0 Å². The number of nitrogens with one attached hydrogen (secondary N) is 1. The molecule has 0 saturated heterocycles. The fourth-order valence-corrected chi connectivity index (χ4v) is 2.46. The van der Waals surface area contributed by atoms with Gasteiger partial charge in [-0.2, -0.15) is 5.10 Å². The summed E-state index contributed by atoms with van der Waals surface area (Å²) in [4.78, 5) is 11.8. The maximum Gasteiger partial charge on any atom is 0.271 e. The number of ether oxygens (including phenoxy) is 2.